The quantitative estimate of drug-likeness (QED) is 0.244. The van der Waals surface area contributed by atoms with Gasteiger partial charge in [-0.25, -0.2) is 4.98 Å². The Morgan fingerprint density at radius 3 is 2.70 bits per heavy atom. The molecule has 37 heavy (non-hydrogen) atoms. The number of thiophene rings is 1. The molecule has 4 aromatic rings. The molecule has 190 valence electrons. The molecule has 9 heteroatoms. The zero-order valence-electron chi connectivity index (χ0n) is 20.6. The first-order chi connectivity index (χ1) is 17.9. The van der Waals surface area contributed by atoms with E-state index in [9.17, 15) is 14.7 Å². The molecule has 2 aromatic heterocycles. The highest BCUT2D eigenvalue weighted by atomic mass is 32.1. The average Bonchev–Trinajstić information content (AvgIpc) is 3.62. The van der Waals surface area contributed by atoms with Crippen LogP contribution in [0.2, 0.25) is 0 Å². The number of aliphatic hydroxyl groups is 1. The van der Waals surface area contributed by atoms with E-state index in [1.807, 2.05) is 36.4 Å². The van der Waals surface area contributed by atoms with Gasteiger partial charge in [0.1, 0.15) is 11.5 Å². The molecule has 0 saturated carbocycles. The number of benzene rings is 2. The van der Waals surface area contributed by atoms with Crippen LogP contribution in [0.4, 0.5) is 5.13 Å². The topological polar surface area (TPSA) is 89.0 Å². The third-order valence-electron chi connectivity index (χ3n) is 6.13. The van der Waals surface area contributed by atoms with E-state index in [1.165, 1.54) is 27.6 Å². The maximum absolute atomic E-state index is 13.6. The number of methoxy groups -OCH3 is 1. The molecule has 1 aliphatic rings. The molecule has 0 unspecified atom stereocenters. The summed E-state index contributed by atoms with van der Waals surface area (Å²) in [5.74, 6) is 0.191. The summed E-state index contributed by atoms with van der Waals surface area (Å²) in [6.07, 6.45) is 0.899. The number of amides is 1. The van der Waals surface area contributed by atoms with Gasteiger partial charge >= 0.3 is 0 Å². The number of aliphatic hydroxyl groups excluding tert-OH is 1. The molecule has 0 spiro atoms. The maximum Gasteiger partial charge on any atom is 0.296 e. The zero-order chi connectivity index (χ0) is 26.1. The fourth-order valence-electron chi connectivity index (χ4n) is 4.20. The van der Waals surface area contributed by atoms with Crippen molar-refractivity contribution >= 4 is 49.7 Å². The molecule has 0 radical (unpaired) electrons. The van der Waals surface area contributed by atoms with Gasteiger partial charge in [0.25, 0.3) is 5.91 Å². The van der Waals surface area contributed by atoms with Gasteiger partial charge in [-0.05, 0) is 59.7 Å². The number of thiazole rings is 1. The summed E-state index contributed by atoms with van der Waals surface area (Å²) in [6.45, 7) is 4.81. The molecule has 1 atom stereocenters. The largest absolute Gasteiger partial charge is 0.503 e. The van der Waals surface area contributed by atoms with Gasteiger partial charge in [0.05, 0.1) is 40.4 Å². The molecule has 5 rings (SSSR count). The fourth-order valence-corrected chi connectivity index (χ4v) is 5.90. The van der Waals surface area contributed by atoms with Gasteiger partial charge in [-0.1, -0.05) is 43.4 Å². The van der Waals surface area contributed by atoms with Crippen LogP contribution in [0.5, 0.6) is 11.5 Å². The molecule has 1 amide bonds. The highest BCUT2D eigenvalue weighted by Gasteiger charge is 2.46. The third kappa shape index (κ3) is 4.84. The molecule has 7 nitrogen and oxygen atoms in total. The van der Waals surface area contributed by atoms with E-state index in [4.69, 9.17) is 9.47 Å². The first kappa shape index (κ1) is 25.0. The van der Waals surface area contributed by atoms with Crippen LogP contribution >= 0.6 is 22.7 Å². The lowest BCUT2D eigenvalue weighted by atomic mass is 9.95. The lowest BCUT2D eigenvalue weighted by Gasteiger charge is -2.24. The zero-order valence-corrected chi connectivity index (χ0v) is 22.3. The van der Waals surface area contributed by atoms with Crippen molar-refractivity contribution in [3.8, 4) is 11.5 Å². The number of fused-ring (bicyclic) bond motifs is 1. The molecular weight excluding hydrogens is 508 g/mol. The summed E-state index contributed by atoms with van der Waals surface area (Å²) in [5.41, 5.74) is 1.37. The van der Waals surface area contributed by atoms with Gasteiger partial charge in [0, 0.05) is 0 Å². The Bertz CT molecular complexity index is 1490. The Kier molecular flexibility index (Phi) is 6.99. The van der Waals surface area contributed by atoms with E-state index in [2.05, 4.69) is 18.8 Å². The number of aromatic nitrogens is 1. The van der Waals surface area contributed by atoms with Crippen LogP contribution in [-0.2, 0) is 4.79 Å². The molecule has 1 aliphatic heterocycles. The predicted octanol–water partition coefficient (Wildman–Crippen LogP) is 6.57. The summed E-state index contributed by atoms with van der Waals surface area (Å²) in [7, 11) is 1.59. The molecule has 3 heterocycles. The van der Waals surface area contributed by atoms with Gasteiger partial charge in [-0.3, -0.25) is 14.5 Å². The highest BCUT2D eigenvalue weighted by molar-refractivity contribution is 7.22. The Morgan fingerprint density at radius 2 is 1.97 bits per heavy atom. The van der Waals surface area contributed by atoms with Gasteiger partial charge in [0.2, 0.25) is 5.78 Å². The lowest BCUT2D eigenvalue weighted by molar-refractivity contribution is -0.117. The summed E-state index contributed by atoms with van der Waals surface area (Å²) >= 11 is 2.56. The highest BCUT2D eigenvalue weighted by Crippen LogP contribution is 2.45. The number of nitrogens with zero attached hydrogens (tertiary/aromatic N) is 2. The van der Waals surface area contributed by atoms with Crippen LogP contribution in [0.3, 0.4) is 0 Å². The number of ether oxygens (including phenoxy) is 2. The van der Waals surface area contributed by atoms with Crippen LogP contribution in [0.25, 0.3) is 10.2 Å². The summed E-state index contributed by atoms with van der Waals surface area (Å²) < 4.78 is 12.1. The minimum atomic E-state index is -0.863. The van der Waals surface area contributed by atoms with Crippen LogP contribution in [0.1, 0.15) is 41.5 Å². The minimum Gasteiger partial charge on any atom is -0.503 e. The van der Waals surface area contributed by atoms with Crippen molar-refractivity contribution in [3.05, 3.63) is 81.8 Å². The number of carbonyl (C=O) groups excluding carboxylic acids is 2. The SMILES string of the molecule is COc1ccc2nc(N3C(=O)C(O)=C(C(=O)c4cccs4)[C@H]3c3cccc(OCCC(C)C)c3)sc2c1. The second kappa shape index (κ2) is 10.4. The number of carbonyl (C=O) groups is 2. The third-order valence-corrected chi connectivity index (χ3v) is 8.01. The van der Waals surface area contributed by atoms with Gasteiger partial charge in [0.15, 0.2) is 10.9 Å². The van der Waals surface area contributed by atoms with E-state index in [-0.39, 0.29) is 11.4 Å². The van der Waals surface area contributed by atoms with Crippen LogP contribution in [0, 0.1) is 5.92 Å². The number of ketones is 1. The number of hydrogen-bond acceptors (Lipinski definition) is 8. The van der Waals surface area contributed by atoms with E-state index in [0.717, 1.165) is 11.1 Å². The fraction of sp³-hybridized carbons (Fsp3) is 0.250. The van der Waals surface area contributed by atoms with Gasteiger partial charge in [-0.2, -0.15) is 0 Å². The number of hydrogen-bond donors (Lipinski definition) is 1. The van der Waals surface area contributed by atoms with Crippen LogP contribution in [0.15, 0.2) is 71.3 Å². The number of Topliss-reactive ketones (excluding diaryl/α,β-unsaturated/α-hetero) is 1. The molecule has 0 fully saturated rings. The first-order valence-corrected chi connectivity index (χ1v) is 13.6. The minimum absolute atomic E-state index is 0.0311. The van der Waals surface area contributed by atoms with E-state index < -0.39 is 17.7 Å². The van der Waals surface area contributed by atoms with Crippen molar-refractivity contribution in [3.63, 3.8) is 0 Å². The molecule has 2 aromatic carbocycles. The molecule has 0 bridgehead atoms. The Balaban J connectivity index is 1.60. The monoisotopic (exact) mass is 534 g/mol. The molecular formula is C28H26N2O5S2. The summed E-state index contributed by atoms with van der Waals surface area (Å²) in [4.78, 5) is 33.6. The summed E-state index contributed by atoms with van der Waals surface area (Å²) in [5, 5.41) is 13.2. The van der Waals surface area contributed by atoms with Gasteiger partial charge in [-0.15, -0.1) is 11.3 Å². The Morgan fingerprint density at radius 1 is 1.14 bits per heavy atom. The summed E-state index contributed by atoms with van der Waals surface area (Å²) in [6, 6.07) is 15.4. The Hall–Kier alpha value is -3.69. The molecule has 0 aliphatic carbocycles. The molecule has 0 saturated heterocycles. The van der Waals surface area contributed by atoms with Crippen molar-refractivity contribution in [2.45, 2.75) is 26.3 Å². The maximum atomic E-state index is 13.6. The molecule has 1 N–H and O–H groups in total. The lowest BCUT2D eigenvalue weighted by Crippen LogP contribution is -2.30. The van der Waals surface area contributed by atoms with Crippen molar-refractivity contribution in [1.29, 1.82) is 0 Å². The van der Waals surface area contributed by atoms with Crippen LogP contribution in [-0.4, -0.2) is 35.5 Å². The van der Waals surface area contributed by atoms with Crippen LogP contribution < -0.4 is 14.4 Å². The van der Waals surface area contributed by atoms with Crippen molar-refractivity contribution in [1.82, 2.24) is 4.98 Å². The van der Waals surface area contributed by atoms with Crippen molar-refractivity contribution < 1.29 is 24.2 Å². The van der Waals surface area contributed by atoms with E-state index in [0.29, 0.717) is 45.1 Å². The van der Waals surface area contributed by atoms with Crippen molar-refractivity contribution in [2.24, 2.45) is 5.92 Å². The average molecular weight is 535 g/mol. The van der Waals surface area contributed by atoms with E-state index in [1.54, 1.807) is 30.7 Å². The predicted molar refractivity (Wildman–Crippen MR) is 146 cm³/mol. The Labute approximate surface area is 222 Å². The smallest absolute Gasteiger partial charge is 0.296 e. The standard InChI is InChI=1S/C28H26N2O5S2/c1-16(2)11-12-35-19-7-4-6-17(14-19)24-23(25(31)21-8-5-13-36-21)26(32)27(33)30(24)28-29-20-10-9-18(34-3)15-22(20)37-28/h4-10,13-16,24,32H,11-12H2,1-3H3/t24-/m1/s1. The van der Waals surface area contributed by atoms with E-state index >= 15 is 0 Å². The van der Waals surface area contributed by atoms with Crippen molar-refractivity contribution in [2.75, 3.05) is 18.6 Å². The normalized spacial score (nSPS) is 15.7. The first-order valence-electron chi connectivity index (χ1n) is 11.9. The van der Waals surface area contributed by atoms with Gasteiger partial charge < -0.3 is 14.6 Å². The second-order valence-electron chi connectivity index (χ2n) is 9.08. The second-order valence-corrected chi connectivity index (χ2v) is 11.0. The number of anilines is 1. The number of rotatable bonds is 9.